The lowest BCUT2D eigenvalue weighted by Crippen LogP contribution is -2.38. The molecule has 0 amide bonds. The number of anilines is 2. The number of rotatable bonds is 6. The van der Waals surface area contributed by atoms with E-state index in [4.69, 9.17) is 28.2 Å². The van der Waals surface area contributed by atoms with Crippen LogP contribution in [0.5, 0.6) is 0 Å². The first-order valence-corrected chi connectivity index (χ1v) is 14.0. The number of aromatic nitrogens is 2. The predicted molar refractivity (Wildman–Crippen MR) is 157 cm³/mol. The van der Waals surface area contributed by atoms with E-state index in [-0.39, 0.29) is 12.1 Å². The Labute approximate surface area is 234 Å². The summed E-state index contributed by atoms with van der Waals surface area (Å²) in [6, 6.07) is 20.2. The van der Waals surface area contributed by atoms with Gasteiger partial charge < -0.3 is 24.1 Å². The van der Waals surface area contributed by atoms with Gasteiger partial charge in [-0.15, -0.1) is 0 Å². The van der Waals surface area contributed by atoms with Crippen LogP contribution in [0.15, 0.2) is 83.7 Å². The molecule has 38 heavy (non-hydrogen) atoms. The topological polar surface area (TPSA) is 49.5 Å². The maximum absolute atomic E-state index is 6.97. The van der Waals surface area contributed by atoms with Gasteiger partial charge in [0.1, 0.15) is 11.8 Å². The Bertz CT molecular complexity index is 1400. The number of thiocarbonyl (C=S) groups is 1. The lowest BCUT2D eigenvalue weighted by Gasteiger charge is -2.37. The van der Waals surface area contributed by atoms with Crippen molar-refractivity contribution in [3.63, 3.8) is 0 Å². The minimum Gasteiger partial charge on any atom is -0.467 e. The summed E-state index contributed by atoms with van der Waals surface area (Å²) in [5, 5.41) is 4.96. The number of nitrogens with one attached hydrogen (secondary N) is 1. The van der Waals surface area contributed by atoms with Crippen LogP contribution in [0.4, 0.5) is 11.4 Å². The third kappa shape index (κ3) is 4.81. The average Bonchev–Trinajstić information content (AvgIpc) is 3.65. The Morgan fingerprint density at radius 2 is 1.89 bits per heavy atom. The minimum atomic E-state index is -0.129. The van der Waals surface area contributed by atoms with Gasteiger partial charge in [-0.1, -0.05) is 31.5 Å². The van der Waals surface area contributed by atoms with E-state index in [0.29, 0.717) is 23.5 Å². The molecule has 0 saturated carbocycles. The van der Waals surface area contributed by atoms with Gasteiger partial charge in [-0.2, -0.15) is 0 Å². The van der Waals surface area contributed by atoms with Gasteiger partial charge in [0.05, 0.1) is 35.3 Å². The number of hydrogen-bond acceptors (Lipinski definition) is 4. The summed E-state index contributed by atoms with van der Waals surface area (Å²) in [4.78, 5) is 9.29. The summed E-state index contributed by atoms with van der Waals surface area (Å²) in [7, 11) is 0. The van der Waals surface area contributed by atoms with Crippen LogP contribution in [-0.2, 0) is 6.54 Å². The van der Waals surface area contributed by atoms with Crippen molar-refractivity contribution < 1.29 is 4.42 Å². The third-order valence-corrected chi connectivity index (χ3v) is 8.21. The van der Waals surface area contributed by atoms with Crippen LogP contribution in [0, 0.1) is 11.8 Å². The summed E-state index contributed by atoms with van der Waals surface area (Å²) >= 11 is 12.9. The Morgan fingerprint density at radius 1 is 1.05 bits per heavy atom. The van der Waals surface area contributed by atoms with Crippen LogP contribution in [0.25, 0.3) is 0 Å². The van der Waals surface area contributed by atoms with E-state index in [1.165, 1.54) is 6.42 Å². The minimum absolute atomic E-state index is 0.126. The highest BCUT2D eigenvalue weighted by atomic mass is 35.5. The zero-order valence-electron chi connectivity index (χ0n) is 21.6. The van der Waals surface area contributed by atoms with Crippen molar-refractivity contribution in [1.82, 2.24) is 14.9 Å². The van der Waals surface area contributed by atoms with E-state index in [1.807, 2.05) is 36.5 Å². The zero-order valence-corrected chi connectivity index (χ0v) is 23.2. The van der Waals surface area contributed by atoms with Crippen LogP contribution in [0.1, 0.15) is 49.5 Å². The molecule has 0 aliphatic carbocycles. The van der Waals surface area contributed by atoms with Crippen molar-refractivity contribution in [2.45, 2.75) is 38.9 Å². The summed E-state index contributed by atoms with van der Waals surface area (Å²) in [5.74, 6) is 2.19. The summed E-state index contributed by atoms with van der Waals surface area (Å²) in [6.07, 6.45) is 6.88. The molecule has 4 atom stereocenters. The maximum Gasteiger partial charge on any atom is 0.174 e. The molecular formula is C30H32ClN5OS. The van der Waals surface area contributed by atoms with Crippen molar-refractivity contribution in [2.75, 3.05) is 22.9 Å². The van der Waals surface area contributed by atoms with Gasteiger partial charge in [-0.05, 0) is 85.1 Å². The summed E-state index contributed by atoms with van der Waals surface area (Å²) in [5.41, 5.74) is 4.10. The number of nitrogens with zero attached hydrogens (tertiary/aromatic N) is 4. The molecule has 4 unspecified atom stereocenters. The second-order valence-corrected chi connectivity index (χ2v) is 11.4. The molecule has 1 aromatic carbocycles. The lowest BCUT2D eigenvalue weighted by atomic mass is 9.91. The van der Waals surface area contributed by atoms with Gasteiger partial charge in [0.15, 0.2) is 5.11 Å². The number of benzene rings is 1. The molecule has 2 saturated heterocycles. The van der Waals surface area contributed by atoms with Gasteiger partial charge in [0.2, 0.25) is 0 Å². The highest BCUT2D eigenvalue weighted by Gasteiger charge is 2.42. The fourth-order valence-electron chi connectivity index (χ4n) is 6.11. The summed E-state index contributed by atoms with van der Waals surface area (Å²) in [6.45, 7) is 7.32. The van der Waals surface area contributed by atoms with Crippen LogP contribution >= 0.6 is 23.8 Å². The summed E-state index contributed by atoms with van der Waals surface area (Å²) < 4.78 is 7.88. The van der Waals surface area contributed by atoms with Crippen LogP contribution in [0.3, 0.4) is 0 Å². The maximum atomic E-state index is 6.97. The number of piperidine rings is 1. The molecule has 2 aliphatic rings. The normalized spacial score (nSPS) is 23.6. The van der Waals surface area contributed by atoms with Crippen LogP contribution < -0.4 is 15.1 Å². The molecule has 0 bridgehead atoms. The molecule has 0 radical (unpaired) electrons. The average molecular weight is 546 g/mol. The zero-order chi connectivity index (χ0) is 26.2. The van der Waals surface area contributed by atoms with Gasteiger partial charge in [-0.25, -0.2) is 0 Å². The fourth-order valence-corrected chi connectivity index (χ4v) is 6.75. The molecule has 5 heterocycles. The van der Waals surface area contributed by atoms with E-state index in [9.17, 15) is 0 Å². The predicted octanol–water partition coefficient (Wildman–Crippen LogP) is 6.84. The largest absolute Gasteiger partial charge is 0.467 e. The van der Waals surface area contributed by atoms with Crippen molar-refractivity contribution >= 4 is 40.3 Å². The standard InChI is InChI=1S/C30H32ClN5OS/c1-20-15-21(2)18-35(17-20)26-11-10-22(16-24(26)31)36-29(28(33-30(36)38)25-8-3-4-12-32-25)27-9-5-13-34(27)19-23-7-6-14-37-23/h3-14,16,20-21,28-29H,15,17-19H2,1-2H3,(H,33,38). The highest BCUT2D eigenvalue weighted by Crippen LogP contribution is 2.43. The molecule has 6 rings (SSSR count). The SMILES string of the molecule is CC1CC(C)CN(c2ccc(N3C(=S)NC(c4ccccn4)C3c3cccn3Cc3ccco3)cc2Cl)C1. The van der Waals surface area contributed by atoms with E-state index in [2.05, 4.69) is 75.0 Å². The molecular weight excluding hydrogens is 514 g/mol. The second kappa shape index (κ2) is 10.5. The third-order valence-electron chi connectivity index (χ3n) is 7.59. The van der Waals surface area contributed by atoms with Gasteiger partial charge in [-0.3, -0.25) is 4.98 Å². The molecule has 1 N–H and O–H groups in total. The van der Waals surface area contributed by atoms with Gasteiger partial charge >= 0.3 is 0 Å². The van der Waals surface area contributed by atoms with Crippen molar-refractivity contribution in [3.05, 3.63) is 101 Å². The Kier molecular flexibility index (Phi) is 6.89. The van der Waals surface area contributed by atoms with Crippen molar-refractivity contribution in [2.24, 2.45) is 11.8 Å². The van der Waals surface area contributed by atoms with Crippen LogP contribution in [-0.4, -0.2) is 27.8 Å². The van der Waals surface area contributed by atoms with E-state index in [1.54, 1.807) is 6.26 Å². The Hall–Kier alpha value is -3.29. The van der Waals surface area contributed by atoms with E-state index < -0.39 is 0 Å². The molecule has 4 aromatic rings. The van der Waals surface area contributed by atoms with E-state index in [0.717, 1.165) is 46.6 Å². The molecule has 196 valence electrons. The molecule has 2 aliphatic heterocycles. The first-order valence-electron chi connectivity index (χ1n) is 13.2. The molecule has 2 fully saturated rings. The van der Waals surface area contributed by atoms with Crippen molar-refractivity contribution in [1.29, 1.82) is 0 Å². The second-order valence-electron chi connectivity index (χ2n) is 10.6. The molecule has 0 spiro atoms. The van der Waals surface area contributed by atoms with Crippen LogP contribution in [0.2, 0.25) is 5.02 Å². The van der Waals surface area contributed by atoms with Gasteiger partial charge in [0.25, 0.3) is 0 Å². The fraction of sp³-hybridized carbons (Fsp3) is 0.333. The van der Waals surface area contributed by atoms with Crippen molar-refractivity contribution in [3.8, 4) is 0 Å². The first-order chi connectivity index (χ1) is 18.5. The highest BCUT2D eigenvalue weighted by molar-refractivity contribution is 7.80. The molecule has 3 aromatic heterocycles. The Morgan fingerprint density at radius 3 is 2.61 bits per heavy atom. The quantitative estimate of drug-likeness (QED) is 0.268. The monoisotopic (exact) mass is 545 g/mol. The smallest absolute Gasteiger partial charge is 0.174 e. The number of pyridine rings is 1. The Balaban J connectivity index is 1.39. The molecule has 6 nitrogen and oxygen atoms in total. The first kappa shape index (κ1) is 25.0. The number of halogens is 1. The number of hydrogen-bond donors (Lipinski definition) is 1. The number of furan rings is 1. The van der Waals surface area contributed by atoms with Gasteiger partial charge in [0, 0.05) is 36.9 Å². The lowest BCUT2D eigenvalue weighted by molar-refractivity contribution is 0.357. The van der Waals surface area contributed by atoms with E-state index >= 15 is 0 Å². The molecule has 8 heteroatoms.